The molecule has 0 saturated carbocycles. The van der Waals surface area contributed by atoms with E-state index in [1.54, 1.807) is 0 Å². The Morgan fingerprint density at radius 3 is 1.61 bits per heavy atom. The van der Waals surface area contributed by atoms with Crippen LogP contribution < -0.4 is 14.2 Å². The summed E-state index contributed by atoms with van der Waals surface area (Å²) in [4.78, 5) is 73.0. The van der Waals surface area contributed by atoms with Crippen molar-refractivity contribution in [2.24, 2.45) is 0 Å². The van der Waals surface area contributed by atoms with E-state index >= 15 is 0 Å². The Bertz CT molecular complexity index is 1240. The third-order valence-corrected chi connectivity index (χ3v) is 4.42. The standard InChI is InChI=1S/C23H18O10/c1-10(24)30-9-14-7-15-19(18(8-14)33-13(4)27)23(29)21-17(32-12(3)26)6-5-16(31-11(2)25)20(21)22(15)28/h5-8H,9H2,1-4H3. The Hall–Kier alpha value is -4.34. The molecule has 0 atom stereocenters. The van der Waals surface area contributed by atoms with E-state index in [1.807, 2.05) is 0 Å². The molecule has 0 bridgehead atoms. The first-order chi connectivity index (χ1) is 15.5. The lowest BCUT2D eigenvalue weighted by Gasteiger charge is -2.23. The molecular weight excluding hydrogens is 436 g/mol. The van der Waals surface area contributed by atoms with Gasteiger partial charge in [0.25, 0.3) is 0 Å². The SMILES string of the molecule is CC(=O)OCc1cc(OC(C)=O)c2c(c1)C(=O)c1c(OC(C)=O)ccc(OC(C)=O)c1C2=O. The molecule has 170 valence electrons. The number of ether oxygens (including phenoxy) is 4. The summed E-state index contributed by atoms with van der Waals surface area (Å²) < 4.78 is 20.3. The van der Waals surface area contributed by atoms with Crippen molar-refractivity contribution >= 4 is 35.4 Å². The van der Waals surface area contributed by atoms with E-state index < -0.39 is 35.4 Å². The number of benzene rings is 2. The van der Waals surface area contributed by atoms with Crippen LogP contribution in [0.4, 0.5) is 0 Å². The normalized spacial score (nSPS) is 11.8. The van der Waals surface area contributed by atoms with E-state index in [0.717, 1.165) is 20.8 Å². The van der Waals surface area contributed by atoms with Crippen LogP contribution in [0.3, 0.4) is 0 Å². The number of esters is 4. The van der Waals surface area contributed by atoms with Gasteiger partial charge in [0.05, 0.1) is 16.7 Å². The van der Waals surface area contributed by atoms with Gasteiger partial charge in [-0.1, -0.05) is 0 Å². The van der Waals surface area contributed by atoms with Crippen molar-refractivity contribution in [3.8, 4) is 17.2 Å². The number of hydrogen-bond donors (Lipinski definition) is 0. The van der Waals surface area contributed by atoms with Gasteiger partial charge < -0.3 is 18.9 Å². The van der Waals surface area contributed by atoms with Gasteiger partial charge in [-0.25, -0.2) is 0 Å². The molecule has 0 aliphatic heterocycles. The van der Waals surface area contributed by atoms with Gasteiger partial charge in [0.2, 0.25) is 5.78 Å². The average Bonchev–Trinajstić information content (AvgIpc) is 2.69. The molecule has 0 spiro atoms. The zero-order valence-electron chi connectivity index (χ0n) is 18.1. The lowest BCUT2D eigenvalue weighted by Crippen LogP contribution is -2.25. The second-order valence-corrected chi connectivity index (χ2v) is 7.05. The largest absolute Gasteiger partial charge is 0.461 e. The predicted octanol–water partition coefficient (Wildman–Crippen LogP) is 2.30. The first-order valence-corrected chi connectivity index (χ1v) is 9.61. The van der Waals surface area contributed by atoms with Gasteiger partial charge in [-0.2, -0.15) is 0 Å². The van der Waals surface area contributed by atoms with Gasteiger partial charge in [0.15, 0.2) is 5.78 Å². The molecule has 10 nitrogen and oxygen atoms in total. The lowest BCUT2D eigenvalue weighted by molar-refractivity contribution is -0.142. The smallest absolute Gasteiger partial charge is 0.308 e. The lowest BCUT2D eigenvalue weighted by atomic mass is 9.81. The van der Waals surface area contributed by atoms with Crippen LogP contribution >= 0.6 is 0 Å². The topological polar surface area (TPSA) is 139 Å². The minimum absolute atomic E-state index is 0.165. The number of carbonyl (C=O) groups is 6. The molecule has 10 heteroatoms. The predicted molar refractivity (Wildman–Crippen MR) is 109 cm³/mol. The van der Waals surface area contributed by atoms with Gasteiger partial charge in [-0.3, -0.25) is 28.8 Å². The average molecular weight is 454 g/mol. The van der Waals surface area contributed by atoms with E-state index in [0.29, 0.717) is 0 Å². The maximum atomic E-state index is 13.5. The molecule has 1 aliphatic carbocycles. The van der Waals surface area contributed by atoms with Crippen molar-refractivity contribution in [3.05, 3.63) is 52.1 Å². The number of carbonyl (C=O) groups excluding carboxylic acids is 6. The summed E-state index contributed by atoms with van der Waals surface area (Å²) in [6.07, 6.45) is 0. The highest BCUT2D eigenvalue weighted by Gasteiger charge is 2.39. The maximum absolute atomic E-state index is 13.5. The third kappa shape index (κ3) is 4.79. The molecule has 0 saturated heterocycles. The molecule has 0 N–H and O–H groups in total. The molecule has 0 amide bonds. The Morgan fingerprint density at radius 2 is 1.12 bits per heavy atom. The first-order valence-electron chi connectivity index (χ1n) is 9.61. The molecule has 0 heterocycles. The number of fused-ring (bicyclic) bond motifs is 2. The Morgan fingerprint density at radius 1 is 0.636 bits per heavy atom. The van der Waals surface area contributed by atoms with Gasteiger partial charge in [0, 0.05) is 33.3 Å². The summed E-state index contributed by atoms with van der Waals surface area (Å²) in [5.74, 6) is -5.06. The highest BCUT2D eigenvalue weighted by Crippen LogP contribution is 2.42. The summed E-state index contributed by atoms with van der Waals surface area (Å²) in [6.45, 7) is 4.28. The molecular formula is C23H18O10. The first kappa shape index (κ1) is 23.3. The zero-order valence-corrected chi connectivity index (χ0v) is 18.1. The van der Waals surface area contributed by atoms with Crippen molar-refractivity contribution in [2.45, 2.75) is 34.3 Å². The van der Waals surface area contributed by atoms with Crippen LogP contribution in [0.2, 0.25) is 0 Å². The molecule has 0 fully saturated rings. The summed E-state index contributed by atoms with van der Waals surface area (Å²) in [7, 11) is 0. The summed E-state index contributed by atoms with van der Waals surface area (Å²) in [5.41, 5.74) is -0.748. The van der Waals surface area contributed by atoms with E-state index in [4.69, 9.17) is 18.9 Å². The third-order valence-electron chi connectivity index (χ3n) is 4.42. The molecule has 0 aromatic heterocycles. The number of hydrogen-bond acceptors (Lipinski definition) is 10. The molecule has 2 aromatic carbocycles. The van der Waals surface area contributed by atoms with Crippen LogP contribution in [0.5, 0.6) is 17.2 Å². The zero-order chi connectivity index (χ0) is 24.4. The van der Waals surface area contributed by atoms with Crippen LogP contribution in [-0.2, 0) is 30.5 Å². The van der Waals surface area contributed by atoms with E-state index in [1.165, 1.54) is 31.2 Å². The molecule has 1 aliphatic rings. The van der Waals surface area contributed by atoms with Crippen LogP contribution in [0.25, 0.3) is 0 Å². The molecule has 3 rings (SSSR count). The van der Waals surface area contributed by atoms with Crippen molar-refractivity contribution in [1.82, 2.24) is 0 Å². The highest BCUT2D eigenvalue weighted by atomic mass is 16.5. The van der Waals surface area contributed by atoms with Gasteiger partial charge in [-0.15, -0.1) is 0 Å². The molecule has 0 radical (unpaired) electrons. The Kier molecular flexibility index (Phi) is 6.38. The Labute approximate surface area is 187 Å². The maximum Gasteiger partial charge on any atom is 0.308 e. The minimum atomic E-state index is -0.792. The van der Waals surface area contributed by atoms with Crippen LogP contribution in [0, 0.1) is 0 Å². The molecule has 33 heavy (non-hydrogen) atoms. The van der Waals surface area contributed by atoms with E-state index in [-0.39, 0.29) is 51.7 Å². The molecule has 0 unspecified atom stereocenters. The van der Waals surface area contributed by atoms with Gasteiger partial charge >= 0.3 is 23.9 Å². The fourth-order valence-electron chi connectivity index (χ4n) is 3.34. The van der Waals surface area contributed by atoms with Crippen LogP contribution in [0.15, 0.2) is 24.3 Å². The van der Waals surface area contributed by atoms with E-state index in [2.05, 4.69) is 0 Å². The van der Waals surface area contributed by atoms with Gasteiger partial charge in [-0.05, 0) is 29.8 Å². The second kappa shape index (κ2) is 9.03. The van der Waals surface area contributed by atoms with E-state index in [9.17, 15) is 28.8 Å². The summed E-state index contributed by atoms with van der Waals surface area (Å²) >= 11 is 0. The van der Waals surface area contributed by atoms with Gasteiger partial charge in [0.1, 0.15) is 23.9 Å². The Balaban J connectivity index is 2.30. The highest BCUT2D eigenvalue weighted by molar-refractivity contribution is 6.31. The quantitative estimate of drug-likeness (QED) is 0.417. The summed E-state index contributed by atoms with van der Waals surface area (Å²) in [6, 6.07) is 5.05. The van der Waals surface area contributed by atoms with Crippen molar-refractivity contribution < 1.29 is 47.7 Å². The fraction of sp³-hybridized carbons (Fsp3) is 0.217. The van der Waals surface area contributed by atoms with Crippen molar-refractivity contribution in [1.29, 1.82) is 0 Å². The number of ketones is 2. The fourth-order valence-corrected chi connectivity index (χ4v) is 3.34. The number of rotatable bonds is 5. The monoisotopic (exact) mass is 454 g/mol. The van der Waals surface area contributed by atoms with Crippen molar-refractivity contribution in [3.63, 3.8) is 0 Å². The molecule has 2 aromatic rings. The van der Waals surface area contributed by atoms with Crippen molar-refractivity contribution in [2.75, 3.05) is 0 Å². The minimum Gasteiger partial charge on any atom is -0.461 e. The summed E-state index contributed by atoms with van der Waals surface area (Å²) in [5, 5.41) is 0. The second-order valence-electron chi connectivity index (χ2n) is 7.05. The van der Waals surface area contributed by atoms with Crippen LogP contribution in [-0.4, -0.2) is 35.4 Å². The van der Waals surface area contributed by atoms with Crippen LogP contribution in [0.1, 0.15) is 65.1 Å².